The first kappa shape index (κ1) is 20.7. The Kier molecular flexibility index (Phi) is 7.54. The maximum Gasteiger partial charge on any atom is 0.639 e. The van der Waals surface area contributed by atoms with Crippen LogP contribution in [0.3, 0.4) is 0 Å². The molecule has 3 aliphatic heterocycles. The van der Waals surface area contributed by atoms with Crippen LogP contribution in [0.5, 0.6) is 0 Å². The van der Waals surface area contributed by atoms with Crippen molar-refractivity contribution >= 4 is 40.2 Å². The predicted octanol–water partition coefficient (Wildman–Crippen LogP) is -2.01. The minimum atomic E-state index is -3.51. The molecule has 0 spiro atoms. The molecule has 3 rings (SSSR count). The molecule has 150 valence electrons. The maximum absolute atomic E-state index is 11.3. The van der Waals surface area contributed by atoms with Gasteiger partial charge in [0.2, 0.25) is 0 Å². The van der Waals surface area contributed by atoms with E-state index in [-0.39, 0.29) is 51.3 Å². The van der Waals surface area contributed by atoms with Crippen LogP contribution in [0, 0.1) is 5.92 Å². The van der Waals surface area contributed by atoms with Gasteiger partial charge in [-0.1, -0.05) is 0 Å². The van der Waals surface area contributed by atoms with Crippen LogP contribution in [0.4, 0.5) is 0 Å². The first-order chi connectivity index (χ1) is 12.4. The van der Waals surface area contributed by atoms with Crippen molar-refractivity contribution in [1.29, 1.82) is 0 Å². The molecule has 0 amide bonds. The maximum atomic E-state index is 11.3. The minimum absolute atomic E-state index is 0.0196. The summed E-state index contributed by atoms with van der Waals surface area (Å²) in [5.74, 6) is -0.511. The highest BCUT2D eigenvalue weighted by Gasteiger charge is 2.34. The van der Waals surface area contributed by atoms with Gasteiger partial charge in [0.15, 0.2) is 0 Å². The van der Waals surface area contributed by atoms with Gasteiger partial charge >= 0.3 is 30.0 Å². The number of rotatable bonds is 9. The van der Waals surface area contributed by atoms with Gasteiger partial charge < -0.3 is 14.0 Å². The van der Waals surface area contributed by atoms with Crippen molar-refractivity contribution in [3.05, 3.63) is 0 Å². The van der Waals surface area contributed by atoms with E-state index < -0.39 is 52.4 Å². The summed E-state index contributed by atoms with van der Waals surface area (Å²) in [6.07, 6.45) is -1.11. The van der Waals surface area contributed by atoms with Crippen molar-refractivity contribution < 1.29 is 51.7 Å². The molecule has 3 saturated heterocycles. The van der Waals surface area contributed by atoms with Crippen LogP contribution in [-0.2, 0) is 67.7 Å². The van der Waals surface area contributed by atoms with Crippen LogP contribution in [0.25, 0.3) is 0 Å². The standard InChI is InChI=1S/C10H17BO12S3/c12-24-19-5-9(22-24)3-17-11(18-4-10-6-20-25(13)23-10)16-1-8-2-21-26(14,15)7-8/h8-10H,1-7H2. The van der Waals surface area contributed by atoms with Crippen LogP contribution in [-0.4, -0.2) is 81.8 Å². The van der Waals surface area contributed by atoms with Gasteiger partial charge in [0.05, 0.1) is 38.8 Å². The molecule has 0 aromatic carbocycles. The highest BCUT2D eigenvalue weighted by atomic mass is 32.2. The zero-order valence-electron chi connectivity index (χ0n) is 13.4. The van der Waals surface area contributed by atoms with Crippen molar-refractivity contribution in [3.63, 3.8) is 0 Å². The Morgan fingerprint density at radius 2 is 1.42 bits per heavy atom. The summed E-state index contributed by atoms with van der Waals surface area (Å²) in [7, 11) is -4.68. The molecule has 12 nitrogen and oxygen atoms in total. The Morgan fingerprint density at radius 3 is 1.85 bits per heavy atom. The molecule has 3 heterocycles. The summed E-state index contributed by atoms with van der Waals surface area (Å²) in [6, 6.07) is 0. The van der Waals surface area contributed by atoms with Gasteiger partial charge in [-0.25, -0.2) is 0 Å². The van der Waals surface area contributed by atoms with Crippen molar-refractivity contribution in [2.24, 2.45) is 5.92 Å². The monoisotopic (exact) mass is 436 g/mol. The van der Waals surface area contributed by atoms with Crippen LogP contribution < -0.4 is 0 Å². The second-order valence-corrected chi connectivity index (χ2v) is 8.93. The van der Waals surface area contributed by atoms with E-state index in [9.17, 15) is 16.8 Å². The van der Waals surface area contributed by atoms with Crippen molar-refractivity contribution in [1.82, 2.24) is 0 Å². The summed E-state index contributed by atoms with van der Waals surface area (Å²) in [6.45, 7) is 0.171. The third-order valence-corrected chi connectivity index (χ3v) is 6.25. The second-order valence-electron chi connectivity index (χ2n) is 5.58. The second kappa shape index (κ2) is 9.46. The molecular formula is C10H17BO12S3. The molecule has 0 N–H and O–H groups in total. The van der Waals surface area contributed by atoms with Crippen molar-refractivity contribution in [2.45, 2.75) is 12.2 Å². The lowest BCUT2D eigenvalue weighted by Gasteiger charge is -2.18. The zero-order valence-corrected chi connectivity index (χ0v) is 15.8. The van der Waals surface area contributed by atoms with E-state index in [4.69, 9.17) is 30.7 Å². The SMILES string of the molecule is O=S1OCC(COB(OCC2COS(=O)(=O)C2)OCC2COS(=O)O2)O1. The van der Waals surface area contributed by atoms with E-state index in [1.165, 1.54) is 0 Å². The summed E-state index contributed by atoms with van der Waals surface area (Å²) in [5.41, 5.74) is 0. The van der Waals surface area contributed by atoms with E-state index >= 15 is 0 Å². The molecule has 0 radical (unpaired) electrons. The summed E-state index contributed by atoms with van der Waals surface area (Å²) >= 11 is -3.61. The van der Waals surface area contributed by atoms with Gasteiger partial charge in [-0.2, -0.15) is 16.8 Å². The Balaban J connectivity index is 1.45. The normalized spacial score (nSPS) is 36.5. The first-order valence-corrected chi connectivity index (χ1v) is 11.1. The molecular weight excluding hydrogens is 419 g/mol. The molecule has 0 aromatic heterocycles. The smallest absolute Gasteiger partial charge is 0.385 e. The molecule has 26 heavy (non-hydrogen) atoms. The molecule has 3 aliphatic rings. The average Bonchev–Trinajstić information content (AvgIpc) is 3.27. The lowest BCUT2D eigenvalue weighted by atomic mass is 10.1. The molecule has 5 atom stereocenters. The van der Waals surface area contributed by atoms with Gasteiger partial charge in [0, 0.05) is 12.5 Å². The summed E-state index contributed by atoms with van der Waals surface area (Å²) < 4.78 is 84.9. The van der Waals surface area contributed by atoms with Crippen LogP contribution in [0.15, 0.2) is 0 Å². The Morgan fingerprint density at radius 1 is 0.885 bits per heavy atom. The third-order valence-electron chi connectivity index (χ3n) is 3.36. The number of hydrogen-bond acceptors (Lipinski definition) is 12. The van der Waals surface area contributed by atoms with Gasteiger partial charge in [0.1, 0.15) is 12.2 Å². The largest absolute Gasteiger partial charge is 0.639 e. The fourth-order valence-electron chi connectivity index (χ4n) is 2.16. The minimum Gasteiger partial charge on any atom is -0.385 e. The molecule has 0 aliphatic carbocycles. The molecule has 0 saturated carbocycles. The summed E-state index contributed by atoms with van der Waals surface area (Å²) in [4.78, 5) is 0. The van der Waals surface area contributed by atoms with Crippen molar-refractivity contribution in [3.8, 4) is 0 Å². The average molecular weight is 436 g/mol. The molecule has 16 heteroatoms. The van der Waals surface area contributed by atoms with Crippen LogP contribution >= 0.6 is 0 Å². The lowest BCUT2D eigenvalue weighted by molar-refractivity contribution is 0.0346. The van der Waals surface area contributed by atoms with E-state index in [0.29, 0.717) is 0 Å². The van der Waals surface area contributed by atoms with Crippen LogP contribution in [0.1, 0.15) is 0 Å². The van der Waals surface area contributed by atoms with E-state index in [2.05, 4.69) is 4.18 Å². The fourth-order valence-corrected chi connectivity index (χ4v) is 4.73. The van der Waals surface area contributed by atoms with Gasteiger partial charge in [-0.05, 0) is 0 Å². The predicted molar refractivity (Wildman–Crippen MR) is 84.8 cm³/mol. The summed E-state index contributed by atoms with van der Waals surface area (Å²) in [5, 5.41) is 0. The molecule has 3 fully saturated rings. The van der Waals surface area contributed by atoms with Gasteiger partial charge in [-0.15, -0.1) is 0 Å². The van der Waals surface area contributed by atoms with E-state index in [0.717, 1.165) is 0 Å². The zero-order chi connectivity index (χ0) is 18.6. The Labute approximate surface area is 155 Å². The van der Waals surface area contributed by atoms with E-state index in [1.807, 2.05) is 0 Å². The van der Waals surface area contributed by atoms with Crippen LogP contribution in [0.2, 0.25) is 0 Å². The van der Waals surface area contributed by atoms with Gasteiger partial charge in [-0.3, -0.25) is 20.9 Å². The fraction of sp³-hybridized carbons (Fsp3) is 1.00. The third kappa shape index (κ3) is 6.56. The first-order valence-electron chi connectivity index (χ1n) is 7.56. The topological polar surface area (TPSA) is 142 Å². The van der Waals surface area contributed by atoms with E-state index in [1.54, 1.807) is 0 Å². The Bertz CT molecular complexity index is 599. The Hall–Kier alpha value is -0.00506. The molecule has 5 unspecified atom stereocenters. The highest BCUT2D eigenvalue weighted by Crippen LogP contribution is 2.17. The molecule has 0 bridgehead atoms. The number of hydrogen-bond donors (Lipinski definition) is 0. The quantitative estimate of drug-likeness (QED) is 0.291. The molecule has 0 aromatic rings. The lowest BCUT2D eigenvalue weighted by Crippen LogP contribution is -2.36. The highest BCUT2D eigenvalue weighted by molar-refractivity contribution is 7.86. The van der Waals surface area contributed by atoms with Gasteiger partial charge in [0.25, 0.3) is 10.1 Å². The van der Waals surface area contributed by atoms with Crippen molar-refractivity contribution in [2.75, 3.05) is 45.4 Å².